The first-order valence-electron chi connectivity index (χ1n) is 13.4. The monoisotopic (exact) mass is 564 g/mol. The molecule has 0 bridgehead atoms. The Bertz CT molecular complexity index is 1240. The Morgan fingerprint density at radius 1 is 0.718 bits per heavy atom. The molecule has 0 heterocycles. The van der Waals surface area contributed by atoms with E-state index in [1.54, 1.807) is 6.07 Å². The summed E-state index contributed by atoms with van der Waals surface area (Å²) in [7, 11) is -4.65. The van der Waals surface area contributed by atoms with Crippen LogP contribution in [0.5, 0.6) is 5.75 Å². The van der Waals surface area contributed by atoms with Crippen molar-refractivity contribution in [3.63, 3.8) is 0 Å². The van der Waals surface area contributed by atoms with Gasteiger partial charge in [-0.1, -0.05) is 0 Å². The molecule has 0 N–H and O–H groups in total. The first-order valence-corrected chi connectivity index (χ1v) is 18.5. The zero-order valence-electron chi connectivity index (χ0n) is 23.5. The van der Waals surface area contributed by atoms with Crippen LogP contribution in [0.2, 0.25) is 18.1 Å². The van der Waals surface area contributed by atoms with Crippen molar-refractivity contribution in [2.24, 2.45) is 0 Å². The van der Waals surface area contributed by atoms with Crippen LogP contribution in [0.3, 0.4) is 0 Å². The minimum atomic E-state index is -2.89. The van der Waals surface area contributed by atoms with Crippen LogP contribution < -0.4 is 20.7 Å². The van der Waals surface area contributed by atoms with E-state index in [-0.39, 0.29) is 17.4 Å². The number of ether oxygens (including phenoxy) is 1. The average Bonchev–Trinajstić information content (AvgIpc) is 2.92. The Balaban J connectivity index is 1.84. The third-order valence-electron chi connectivity index (χ3n) is 8.00. The van der Waals surface area contributed by atoms with Crippen molar-refractivity contribution in [3.8, 4) is 5.75 Å². The van der Waals surface area contributed by atoms with Gasteiger partial charge >= 0.3 is 234 Å². The van der Waals surface area contributed by atoms with Gasteiger partial charge in [0.15, 0.2) is 0 Å². The fraction of sp³-hybridized carbons (Fsp3) is 0.273. The van der Waals surface area contributed by atoms with Crippen LogP contribution >= 0.6 is 7.26 Å². The summed E-state index contributed by atoms with van der Waals surface area (Å²) in [6.45, 7) is 8.20. The summed E-state index contributed by atoms with van der Waals surface area (Å²) in [5, 5.41) is 3.91. The second-order valence-electron chi connectivity index (χ2n) is 11.5. The van der Waals surface area contributed by atoms with Crippen molar-refractivity contribution >= 4 is 31.5 Å². The van der Waals surface area contributed by atoms with Crippen molar-refractivity contribution in [3.05, 3.63) is 120 Å². The third kappa shape index (κ3) is 6.66. The number of rotatable bonds is 10. The van der Waals surface area contributed by atoms with Gasteiger partial charge in [0.05, 0.1) is 0 Å². The van der Waals surface area contributed by atoms with Gasteiger partial charge in [-0.25, -0.2) is 0 Å². The number of alkyl halides is 2. The fourth-order valence-corrected chi connectivity index (χ4v) is 10.5. The van der Waals surface area contributed by atoms with Crippen molar-refractivity contribution in [2.75, 3.05) is 0 Å². The van der Waals surface area contributed by atoms with Crippen LogP contribution in [0.15, 0.2) is 109 Å². The van der Waals surface area contributed by atoms with Gasteiger partial charge in [-0.3, -0.25) is 0 Å². The van der Waals surface area contributed by atoms with Crippen LogP contribution in [-0.4, -0.2) is 14.9 Å². The zero-order valence-corrected chi connectivity index (χ0v) is 25.5. The third-order valence-corrected chi connectivity index (χ3v) is 17.4. The Hall–Kier alpha value is -2.85. The van der Waals surface area contributed by atoms with Gasteiger partial charge in [0.25, 0.3) is 0 Å². The van der Waals surface area contributed by atoms with E-state index >= 15 is 0 Å². The van der Waals surface area contributed by atoms with E-state index in [2.05, 4.69) is 107 Å². The SMILES string of the molecule is CC(C)(C)[Si](C)(C)OCc1cc(C[PH](c2ccccc2)(c2ccccc2)c2ccccc2)ccc1OC(F)F. The molecule has 0 fully saturated rings. The summed E-state index contributed by atoms with van der Waals surface area (Å²) >= 11 is 0. The molecule has 4 aromatic carbocycles. The van der Waals surface area contributed by atoms with Crippen molar-refractivity contribution < 1.29 is 17.9 Å². The minimum absolute atomic E-state index is 0.00431. The number of hydrogen-bond acceptors (Lipinski definition) is 2. The van der Waals surface area contributed by atoms with E-state index in [0.717, 1.165) is 11.7 Å². The predicted molar refractivity (Wildman–Crippen MR) is 165 cm³/mol. The Labute approximate surface area is 233 Å². The van der Waals surface area contributed by atoms with Crippen LogP contribution in [-0.2, 0) is 17.2 Å². The maximum atomic E-state index is 13.4. The van der Waals surface area contributed by atoms with E-state index in [1.807, 2.05) is 30.3 Å². The Kier molecular flexibility index (Phi) is 9.06. The Morgan fingerprint density at radius 3 is 1.59 bits per heavy atom. The molecule has 6 heteroatoms. The first kappa shape index (κ1) is 29.1. The summed E-state index contributed by atoms with van der Waals surface area (Å²) in [5.41, 5.74) is 1.74. The molecular weight excluding hydrogens is 525 g/mol. The van der Waals surface area contributed by atoms with Crippen LogP contribution in [0.1, 0.15) is 31.9 Å². The molecule has 0 atom stereocenters. The Morgan fingerprint density at radius 2 is 1.18 bits per heavy atom. The zero-order chi connectivity index (χ0) is 28.1. The summed E-state index contributed by atoms with van der Waals surface area (Å²) in [6, 6.07) is 37.7. The van der Waals surface area contributed by atoms with E-state index in [1.165, 1.54) is 15.9 Å². The van der Waals surface area contributed by atoms with Gasteiger partial charge in [0.1, 0.15) is 0 Å². The number of halogens is 2. The molecule has 0 aliphatic rings. The molecule has 0 saturated heterocycles. The van der Waals surface area contributed by atoms with Crippen LogP contribution in [0.25, 0.3) is 0 Å². The standard InChI is InChI=1S/C33H39F2O2PSi/c1-33(2,3)39(4,5)36-24-27-23-26(21-22-31(27)37-32(34)35)25-38(28-15-9-6-10-16-28,29-17-11-7-12-18-29)30-19-13-8-14-20-30/h6-23,32,38H,24-25H2,1-5H3. The molecule has 39 heavy (non-hydrogen) atoms. The van der Waals surface area contributed by atoms with Gasteiger partial charge < -0.3 is 0 Å². The topological polar surface area (TPSA) is 18.5 Å². The quantitative estimate of drug-likeness (QED) is 0.143. The molecule has 4 rings (SSSR count). The average molecular weight is 565 g/mol. The van der Waals surface area contributed by atoms with Gasteiger partial charge in [-0.2, -0.15) is 0 Å². The van der Waals surface area contributed by atoms with E-state index in [4.69, 9.17) is 9.16 Å². The molecule has 4 aromatic rings. The first-order chi connectivity index (χ1) is 18.5. The molecule has 0 amide bonds. The maximum absolute atomic E-state index is 13.4. The van der Waals surface area contributed by atoms with E-state index < -0.39 is 22.2 Å². The fourth-order valence-electron chi connectivity index (χ4n) is 4.82. The summed E-state index contributed by atoms with van der Waals surface area (Å²) in [5.74, 6) is 0.179. The summed E-state index contributed by atoms with van der Waals surface area (Å²) < 4.78 is 38.1. The van der Waals surface area contributed by atoms with Crippen molar-refractivity contribution in [1.82, 2.24) is 0 Å². The molecule has 0 saturated carbocycles. The molecule has 0 aliphatic carbocycles. The molecule has 0 spiro atoms. The second-order valence-corrected chi connectivity index (χ2v) is 20.3. The molecule has 206 valence electrons. The number of hydrogen-bond donors (Lipinski definition) is 0. The van der Waals surface area contributed by atoms with Crippen molar-refractivity contribution in [1.29, 1.82) is 0 Å². The molecule has 0 unspecified atom stereocenters. The summed E-state index contributed by atoms with van der Waals surface area (Å²) in [6.07, 6.45) is 0.771. The number of benzene rings is 4. The van der Waals surface area contributed by atoms with Gasteiger partial charge in [0, 0.05) is 0 Å². The predicted octanol–water partition coefficient (Wildman–Crippen LogP) is 8.04. The van der Waals surface area contributed by atoms with Gasteiger partial charge in [-0.05, 0) is 0 Å². The second kappa shape index (κ2) is 12.1. The molecule has 0 radical (unpaired) electrons. The molecule has 0 aliphatic heterocycles. The molecule has 0 aromatic heterocycles. The van der Waals surface area contributed by atoms with E-state index in [0.29, 0.717) is 5.56 Å². The summed E-state index contributed by atoms with van der Waals surface area (Å²) in [4.78, 5) is 0. The van der Waals surface area contributed by atoms with Gasteiger partial charge in [0.2, 0.25) is 0 Å². The van der Waals surface area contributed by atoms with Crippen LogP contribution in [0.4, 0.5) is 8.78 Å². The van der Waals surface area contributed by atoms with E-state index in [9.17, 15) is 8.78 Å². The molecule has 2 nitrogen and oxygen atoms in total. The van der Waals surface area contributed by atoms with Crippen molar-refractivity contribution in [2.45, 2.75) is 58.3 Å². The normalized spacial score (nSPS) is 12.9. The molecular formula is C33H39F2O2PSi. The van der Waals surface area contributed by atoms with Crippen LogP contribution in [0, 0.1) is 0 Å². The van der Waals surface area contributed by atoms with Gasteiger partial charge in [-0.15, -0.1) is 0 Å².